The van der Waals surface area contributed by atoms with Gasteiger partial charge in [-0.3, -0.25) is 4.90 Å². The zero-order chi connectivity index (χ0) is 12.8. The van der Waals surface area contributed by atoms with Gasteiger partial charge in [0.15, 0.2) is 5.16 Å². The molecule has 1 saturated heterocycles. The zero-order valence-electron chi connectivity index (χ0n) is 11.4. The maximum absolute atomic E-state index is 4.22. The van der Waals surface area contributed by atoms with Crippen LogP contribution in [0.3, 0.4) is 0 Å². The van der Waals surface area contributed by atoms with Crippen LogP contribution in [0.5, 0.6) is 0 Å². The third kappa shape index (κ3) is 4.30. The number of hydrogen-bond donors (Lipinski definition) is 1. The number of rotatable bonds is 6. The molecule has 0 atom stereocenters. The molecule has 18 heavy (non-hydrogen) atoms. The SMILES string of the molecule is CC(C)N1CCN(CCCSc2ncc[nH]2)CC1. The highest BCUT2D eigenvalue weighted by Gasteiger charge is 2.17. The number of H-pyrrole nitrogens is 1. The molecule has 1 aromatic heterocycles. The Morgan fingerprint density at radius 1 is 1.33 bits per heavy atom. The third-order valence-electron chi connectivity index (χ3n) is 3.47. The van der Waals surface area contributed by atoms with E-state index < -0.39 is 0 Å². The van der Waals surface area contributed by atoms with Gasteiger partial charge in [-0.25, -0.2) is 4.98 Å². The van der Waals surface area contributed by atoms with E-state index in [2.05, 4.69) is 33.6 Å². The normalized spacial score (nSPS) is 18.6. The lowest BCUT2D eigenvalue weighted by Crippen LogP contribution is -2.48. The highest BCUT2D eigenvalue weighted by Crippen LogP contribution is 2.13. The van der Waals surface area contributed by atoms with Crippen LogP contribution in [0, 0.1) is 0 Å². The lowest BCUT2D eigenvalue weighted by molar-refractivity contribution is 0.109. The molecule has 102 valence electrons. The number of hydrogen-bond acceptors (Lipinski definition) is 4. The van der Waals surface area contributed by atoms with E-state index in [0.29, 0.717) is 6.04 Å². The Morgan fingerprint density at radius 3 is 2.72 bits per heavy atom. The molecular weight excluding hydrogens is 244 g/mol. The Labute approximate surface area is 114 Å². The molecule has 1 N–H and O–H groups in total. The predicted molar refractivity (Wildman–Crippen MR) is 77.1 cm³/mol. The van der Waals surface area contributed by atoms with Crippen molar-refractivity contribution in [3.05, 3.63) is 12.4 Å². The molecule has 5 heteroatoms. The van der Waals surface area contributed by atoms with E-state index in [1.54, 1.807) is 0 Å². The Kier molecular flexibility index (Phi) is 5.53. The van der Waals surface area contributed by atoms with Crippen molar-refractivity contribution in [3.63, 3.8) is 0 Å². The highest BCUT2D eigenvalue weighted by molar-refractivity contribution is 7.99. The van der Waals surface area contributed by atoms with E-state index in [0.717, 1.165) is 10.9 Å². The van der Waals surface area contributed by atoms with Gasteiger partial charge in [-0.1, -0.05) is 11.8 Å². The molecule has 0 saturated carbocycles. The van der Waals surface area contributed by atoms with E-state index in [1.165, 1.54) is 39.1 Å². The fourth-order valence-corrected chi connectivity index (χ4v) is 3.04. The monoisotopic (exact) mass is 268 g/mol. The first-order chi connectivity index (χ1) is 8.75. The molecule has 1 fully saturated rings. The maximum Gasteiger partial charge on any atom is 0.165 e. The number of aromatic nitrogens is 2. The summed E-state index contributed by atoms with van der Waals surface area (Å²) in [5.41, 5.74) is 0. The molecule has 0 spiro atoms. The van der Waals surface area contributed by atoms with Crippen molar-refractivity contribution in [2.75, 3.05) is 38.5 Å². The minimum Gasteiger partial charge on any atom is -0.340 e. The van der Waals surface area contributed by atoms with Crippen LogP contribution in [0.1, 0.15) is 20.3 Å². The number of piperazine rings is 1. The van der Waals surface area contributed by atoms with Gasteiger partial charge in [0, 0.05) is 50.4 Å². The lowest BCUT2D eigenvalue weighted by Gasteiger charge is -2.36. The minimum absolute atomic E-state index is 0.696. The van der Waals surface area contributed by atoms with Crippen LogP contribution in [-0.2, 0) is 0 Å². The maximum atomic E-state index is 4.22. The molecule has 0 unspecified atom stereocenters. The molecule has 0 radical (unpaired) electrons. The van der Waals surface area contributed by atoms with Crippen molar-refractivity contribution < 1.29 is 0 Å². The van der Waals surface area contributed by atoms with Gasteiger partial charge in [0.25, 0.3) is 0 Å². The summed E-state index contributed by atoms with van der Waals surface area (Å²) in [6, 6.07) is 0.696. The highest BCUT2D eigenvalue weighted by atomic mass is 32.2. The van der Waals surface area contributed by atoms with Crippen LogP contribution in [0.2, 0.25) is 0 Å². The number of imidazole rings is 1. The Hall–Kier alpha value is -0.520. The van der Waals surface area contributed by atoms with Crippen molar-refractivity contribution in [2.45, 2.75) is 31.5 Å². The molecule has 1 aromatic rings. The van der Waals surface area contributed by atoms with Crippen LogP contribution in [0.4, 0.5) is 0 Å². The van der Waals surface area contributed by atoms with Gasteiger partial charge in [0.1, 0.15) is 0 Å². The summed E-state index contributed by atoms with van der Waals surface area (Å²) in [7, 11) is 0. The number of aromatic amines is 1. The fraction of sp³-hybridized carbons (Fsp3) is 0.769. The van der Waals surface area contributed by atoms with Gasteiger partial charge in [-0.05, 0) is 26.8 Å². The summed E-state index contributed by atoms with van der Waals surface area (Å²) < 4.78 is 0. The van der Waals surface area contributed by atoms with Crippen LogP contribution in [0.15, 0.2) is 17.6 Å². The third-order valence-corrected chi connectivity index (χ3v) is 4.46. The summed E-state index contributed by atoms with van der Waals surface area (Å²) in [5, 5.41) is 1.04. The van der Waals surface area contributed by atoms with Crippen molar-refractivity contribution >= 4 is 11.8 Å². The fourth-order valence-electron chi connectivity index (χ4n) is 2.29. The second kappa shape index (κ2) is 7.16. The Balaban J connectivity index is 1.55. The first-order valence-corrected chi connectivity index (χ1v) is 7.83. The van der Waals surface area contributed by atoms with Crippen molar-refractivity contribution in [2.24, 2.45) is 0 Å². The van der Waals surface area contributed by atoms with Gasteiger partial charge in [-0.2, -0.15) is 0 Å². The summed E-state index contributed by atoms with van der Waals surface area (Å²) >= 11 is 1.82. The molecule has 0 aliphatic carbocycles. The average Bonchev–Trinajstić information content (AvgIpc) is 2.88. The Bertz CT molecular complexity index is 318. The van der Waals surface area contributed by atoms with E-state index >= 15 is 0 Å². The van der Waals surface area contributed by atoms with Crippen molar-refractivity contribution in [3.8, 4) is 0 Å². The summed E-state index contributed by atoms with van der Waals surface area (Å²) in [5.74, 6) is 1.15. The topological polar surface area (TPSA) is 35.2 Å². The van der Waals surface area contributed by atoms with Gasteiger partial charge >= 0.3 is 0 Å². The second-order valence-corrected chi connectivity index (χ2v) is 6.15. The van der Waals surface area contributed by atoms with Crippen LogP contribution >= 0.6 is 11.8 Å². The summed E-state index contributed by atoms with van der Waals surface area (Å²) in [6.07, 6.45) is 4.94. The summed E-state index contributed by atoms with van der Waals surface area (Å²) in [4.78, 5) is 12.5. The van der Waals surface area contributed by atoms with Crippen LogP contribution in [0.25, 0.3) is 0 Å². The van der Waals surface area contributed by atoms with Crippen molar-refractivity contribution in [1.82, 2.24) is 19.8 Å². The van der Waals surface area contributed by atoms with E-state index in [1.807, 2.05) is 24.2 Å². The average molecular weight is 268 g/mol. The van der Waals surface area contributed by atoms with E-state index in [-0.39, 0.29) is 0 Å². The predicted octanol–water partition coefficient (Wildman–Crippen LogP) is 1.92. The van der Waals surface area contributed by atoms with Gasteiger partial charge in [-0.15, -0.1) is 0 Å². The smallest absolute Gasteiger partial charge is 0.165 e. The van der Waals surface area contributed by atoms with Gasteiger partial charge in [0.05, 0.1) is 0 Å². The van der Waals surface area contributed by atoms with Crippen molar-refractivity contribution in [1.29, 1.82) is 0 Å². The zero-order valence-corrected chi connectivity index (χ0v) is 12.2. The van der Waals surface area contributed by atoms with Gasteiger partial charge in [0.2, 0.25) is 0 Å². The molecule has 1 aliphatic heterocycles. The minimum atomic E-state index is 0.696. The number of thioether (sulfide) groups is 1. The van der Waals surface area contributed by atoms with Gasteiger partial charge < -0.3 is 9.88 Å². The molecule has 0 amide bonds. The molecule has 2 heterocycles. The molecular formula is C13H24N4S. The van der Waals surface area contributed by atoms with Crippen LogP contribution in [-0.4, -0.2) is 64.3 Å². The van der Waals surface area contributed by atoms with E-state index in [4.69, 9.17) is 0 Å². The molecule has 4 nitrogen and oxygen atoms in total. The first kappa shape index (κ1) is 13.9. The molecule has 1 aliphatic rings. The standard InChI is InChI=1S/C13H24N4S/c1-12(2)17-9-7-16(8-10-17)6-3-11-18-13-14-4-5-15-13/h4-5,12H,3,6-11H2,1-2H3,(H,14,15). The van der Waals surface area contributed by atoms with E-state index in [9.17, 15) is 0 Å². The largest absolute Gasteiger partial charge is 0.340 e. The number of nitrogens with one attached hydrogen (secondary N) is 1. The summed E-state index contributed by atoms with van der Waals surface area (Å²) in [6.45, 7) is 10.7. The Morgan fingerprint density at radius 2 is 2.11 bits per heavy atom. The first-order valence-electron chi connectivity index (χ1n) is 6.84. The second-order valence-electron chi connectivity index (χ2n) is 5.07. The molecule has 0 bridgehead atoms. The molecule has 2 rings (SSSR count). The van der Waals surface area contributed by atoms with Crippen LogP contribution < -0.4 is 0 Å². The lowest BCUT2D eigenvalue weighted by atomic mass is 10.2. The molecule has 0 aromatic carbocycles. The quantitative estimate of drug-likeness (QED) is 0.631. The number of nitrogens with zero attached hydrogens (tertiary/aromatic N) is 3.